The normalized spacial score (nSPS) is 16.0. The Morgan fingerprint density at radius 1 is 1.30 bits per heavy atom. The lowest BCUT2D eigenvalue weighted by Gasteiger charge is -2.15. The maximum absolute atomic E-state index is 13.0. The highest BCUT2D eigenvalue weighted by Gasteiger charge is 2.45. The number of nitrogens with one attached hydrogen (secondary N) is 2. The molecule has 0 aromatic heterocycles. The number of amides is 2. The third kappa shape index (κ3) is 5.82. The molecule has 7 heteroatoms. The minimum atomic E-state index is -3.03. The average Bonchev–Trinajstić information content (AvgIpc) is 3.17. The molecule has 23 heavy (non-hydrogen) atoms. The number of hydrogen-bond acceptors (Lipinski definition) is 3. The van der Waals surface area contributed by atoms with Crippen LogP contribution in [-0.2, 0) is 16.3 Å². The fraction of sp³-hybridized carbons (Fsp3) is 0.562. The minimum absolute atomic E-state index is 0.120. The molecule has 5 nitrogen and oxygen atoms in total. The first kappa shape index (κ1) is 17.7. The van der Waals surface area contributed by atoms with Crippen LogP contribution in [0.2, 0.25) is 0 Å². The van der Waals surface area contributed by atoms with Crippen molar-refractivity contribution >= 4 is 15.9 Å². The lowest BCUT2D eigenvalue weighted by molar-refractivity contribution is 0.239. The summed E-state index contributed by atoms with van der Waals surface area (Å²) in [6.45, 7) is 2.65. The number of carbonyl (C=O) groups is 1. The molecule has 0 spiro atoms. The molecule has 1 aromatic carbocycles. The molecule has 0 bridgehead atoms. The highest BCUT2D eigenvalue weighted by atomic mass is 32.2. The summed E-state index contributed by atoms with van der Waals surface area (Å²) in [4.78, 5) is 11.8. The lowest BCUT2D eigenvalue weighted by Crippen LogP contribution is -2.41. The van der Waals surface area contributed by atoms with E-state index < -0.39 is 9.84 Å². The van der Waals surface area contributed by atoms with Crippen LogP contribution in [0.15, 0.2) is 18.2 Å². The fourth-order valence-corrected chi connectivity index (χ4v) is 4.19. The average molecular weight is 342 g/mol. The van der Waals surface area contributed by atoms with E-state index in [9.17, 15) is 17.6 Å². The van der Waals surface area contributed by atoms with Crippen molar-refractivity contribution in [2.75, 3.05) is 25.1 Å². The fourth-order valence-electron chi connectivity index (χ4n) is 2.69. The minimum Gasteiger partial charge on any atom is -0.338 e. The summed E-state index contributed by atoms with van der Waals surface area (Å²) in [5, 5.41) is 5.49. The second-order valence-electron chi connectivity index (χ2n) is 6.50. The molecular formula is C16H23FN2O3S. The number of carbonyl (C=O) groups excluding carboxylic acids is 1. The van der Waals surface area contributed by atoms with Crippen LogP contribution >= 0.6 is 0 Å². The van der Waals surface area contributed by atoms with E-state index in [1.165, 1.54) is 18.4 Å². The van der Waals surface area contributed by atoms with Crippen LogP contribution in [0.4, 0.5) is 9.18 Å². The Labute approximate surface area is 136 Å². The van der Waals surface area contributed by atoms with Gasteiger partial charge in [-0.2, -0.15) is 0 Å². The van der Waals surface area contributed by atoms with Gasteiger partial charge in [0.25, 0.3) is 0 Å². The summed E-state index contributed by atoms with van der Waals surface area (Å²) in [5.74, 6) is -0.146. The highest BCUT2D eigenvalue weighted by molar-refractivity contribution is 7.90. The second kappa shape index (κ2) is 6.86. The van der Waals surface area contributed by atoms with E-state index in [1.54, 1.807) is 6.07 Å². The maximum Gasteiger partial charge on any atom is 0.314 e. The van der Waals surface area contributed by atoms with E-state index >= 15 is 0 Å². The Hall–Kier alpha value is -1.63. The van der Waals surface area contributed by atoms with E-state index in [4.69, 9.17) is 0 Å². The molecule has 2 rings (SSSR count). The van der Waals surface area contributed by atoms with E-state index in [0.717, 1.165) is 24.0 Å². The SMILES string of the molecule is Cc1cc(F)ccc1CCNC(=O)NCC1(CS(C)(=O)=O)CC1. The predicted molar refractivity (Wildman–Crippen MR) is 87.6 cm³/mol. The number of aryl methyl sites for hydroxylation is 1. The van der Waals surface area contributed by atoms with Crippen molar-refractivity contribution in [2.24, 2.45) is 5.41 Å². The summed E-state index contributed by atoms with van der Waals surface area (Å²) in [7, 11) is -3.03. The first-order chi connectivity index (χ1) is 10.7. The zero-order valence-corrected chi connectivity index (χ0v) is 14.3. The molecule has 128 valence electrons. The van der Waals surface area contributed by atoms with Crippen molar-refractivity contribution < 1.29 is 17.6 Å². The van der Waals surface area contributed by atoms with Crippen LogP contribution < -0.4 is 10.6 Å². The lowest BCUT2D eigenvalue weighted by atomic mass is 10.1. The van der Waals surface area contributed by atoms with E-state index in [0.29, 0.717) is 19.5 Å². The van der Waals surface area contributed by atoms with Gasteiger partial charge in [0.15, 0.2) is 0 Å². The quantitative estimate of drug-likeness (QED) is 0.793. The van der Waals surface area contributed by atoms with Crippen molar-refractivity contribution in [2.45, 2.75) is 26.2 Å². The summed E-state index contributed by atoms with van der Waals surface area (Å²) < 4.78 is 35.7. The van der Waals surface area contributed by atoms with Crippen molar-refractivity contribution in [1.82, 2.24) is 10.6 Å². The monoisotopic (exact) mass is 342 g/mol. The Balaban J connectivity index is 1.71. The van der Waals surface area contributed by atoms with Crippen LogP contribution in [0.5, 0.6) is 0 Å². The summed E-state index contributed by atoms with van der Waals surface area (Å²) in [6.07, 6.45) is 3.50. The number of rotatable bonds is 7. The van der Waals surface area contributed by atoms with E-state index in [2.05, 4.69) is 10.6 Å². The van der Waals surface area contributed by atoms with Crippen LogP contribution in [0, 0.1) is 18.2 Å². The molecule has 1 aliphatic rings. The molecule has 0 heterocycles. The number of hydrogen-bond donors (Lipinski definition) is 2. The van der Waals surface area contributed by atoms with E-state index in [-0.39, 0.29) is 23.0 Å². The maximum atomic E-state index is 13.0. The van der Waals surface area contributed by atoms with Crippen molar-refractivity contribution in [3.63, 3.8) is 0 Å². The summed E-state index contributed by atoms with van der Waals surface area (Å²) in [5.41, 5.74) is 1.57. The Morgan fingerprint density at radius 2 is 2.00 bits per heavy atom. The molecular weight excluding hydrogens is 319 g/mol. The summed E-state index contributed by atoms with van der Waals surface area (Å²) >= 11 is 0. The number of urea groups is 1. The molecule has 1 aliphatic carbocycles. The topological polar surface area (TPSA) is 75.3 Å². The molecule has 0 radical (unpaired) electrons. The van der Waals surface area contributed by atoms with Gasteiger partial charge in [0, 0.05) is 24.8 Å². The Bertz CT molecular complexity index is 685. The molecule has 0 saturated heterocycles. The first-order valence-electron chi connectivity index (χ1n) is 7.64. The predicted octanol–water partition coefficient (Wildman–Crippen LogP) is 1.80. The highest BCUT2D eigenvalue weighted by Crippen LogP contribution is 2.45. The van der Waals surface area contributed by atoms with Crippen LogP contribution in [0.1, 0.15) is 24.0 Å². The number of benzene rings is 1. The van der Waals surface area contributed by atoms with Gasteiger partial charge in [-0.3, -0.25) is 0 Å². The van der Waals surface area contributed by atoms with Gasteiger partial charge < -0.3 is 10.6 Å². The van der Waals surface area contributed by atoms with E-state index in [1.807, 2.05) is 6.92 Å². The molecule has 2 N–H and O–H groups in total. The van der Waals surface area contributed by atoms with Gasteiger partial charge in [0.2, 0.25) is 0 Å². The molecule has 1 aromatic rings. The van der Waals surface area contributed by atoms with Crippen LogP contribution in [0.25, 0.3) is 0 Å². The molecule has 1 fully saturated rings. The molecule has 0 unspecified atom stereocenters. The largest absolute Gasteiger partial charge is 0.338 e. The standard InChI is InChI=1S/C16H23FN2O3S/c1-12-9-14(17)4-3-13(12)5-8-18-15(20)19-10-16(6-7-16)11-23(2,21)22/h3-4,9H,5-8,10-11H2,1-2H3,(H2,18,19,20). The van der Waals surface area contributed by atoms with Crippen molar-refractivity contribution in [3.05, 3.63) is 35.1 Å². The van der Waals surface area contributed by atoms with Crippen LogP contribution in [-0.4, -0.2) is 39.5 Å². The van der Waals surface area contributed by atoms with Gasteiger partial charge in [0.1, 0.15) is 15.7 Å². The zero-order valence-electron chi connectivity index (χ0n) is 13.5. The van der Waals surface area contributed by atoms with Gasteiger partial charge >= 0.3 is 6.03 Å². The van der Waals surface area contributed by atoms with Crippen molar-refractivity contribution in [1.29, 1.82) is 0 Å². The third-order valence-corrected chi connectivity index (χ3v) is 5.27. The molecule has 2 amide bonds. The van der Waals surface area contributed by atoms with Crippen molar-refractivity contribution in [3.8, 4) is 0 Å². The van der Waals surface area contributed by atoms with Gasteiger partial charge in [0.05, 0.1) is 5.75 Å². The number of halogens is 1. The molecule has 0 atom stereocenters. The van der Waals surface area contributed by atoms with Gasteiger partial charge in [-0.1, -0.05) is 6.07 Å². The number of sulfone groups is 1. The Kier molecular flexibility index (Phi) is 5.29. The molecule has 0 aliphatic heterocycles. The smallest absolute Gasteiger partial charge is 0.314 e. The second-order valence-corrected chi connectivity index (χ2v) is 8.64. The third-order valence-electron chi connectivity index (χ3n) is 4.13. The molecule has 1 saturated carbocycles. The van der Waals surface area contributed by atoms with Crippen LogP contribution in [0.3, 0.4) is 0 Å². The van der Waals surface area contributed by atoms with Gasteiger partial charge in [-0.05, 0) is 49.4 Å². The summed E-state index contributed by atoms with van der Waals surface area (Å²) in [6, 6.07) is 4.29. The van der Waals surface area contributed by atoms with Gasteiger partial charge in [-0.25, -0.2) is 17.6 Å². The van der Waals surface area contributed by atoms with Gasteiger partial charge in [-0.15, -0.1) is 0 Å². The first-order valence-corrected chi connectivity index (χ1v) is 9.70. The zero-order chi connectivity index (χ0) is 17.1. The Morgan fingerprint density at radius 3 is 2.57 bits per heavy atom.